The predicted molar refractivity (Wildman–Crippen MR) is 124 cm³/mol. The van der Waals surface area contributed by atoms with Gasteiger partial charge in [0.2, 0.25) is 0 Å². The Morgan fingerprint density at radius 1 is 1.26 bits per heavy atom. The third kappa shape index (κ3) is 5.32. The zero-order valence-corrected chi connectivity index (χ0v) is 18.9. The molecule has 0 bridgehead atoms. The molecule has 8 heteroatoms. The van der Waals surface area contributed by atoms with Crippen LogP contribution in [-0.2, 0) is 14.6 Å². The molecule has 166 valence electrons. The fourth-order valence-electron chi connectivity index (χ4n) is 3.70. The first-order valence-corrected chi connectivity index (χ1v) is 12.2. The molecule has 1 amide bonds. The van der Waals surface area contributed by atoms with Crippen LogP contribution in [0.5, 0.6) is 0 Å². The molecule has 7 nitrogen and oxygen atoms in total. The molecule has 0 aromatic heterocycles. The number of hydrogen-bond donors (Lipinski definition) is 3. The van der Waals surface area contributed by atoms with Crippen LogP contribution in [0.15, 0.2) is 41.4 Å². The minimum Gasteiger partial charge on any atom is -0.398 e. The number of nitrogen functional groups attached to an aromatic ring is 1. The van der Waals surface area contributed by atoms with E-state index in [0.29, 0.717) is 16.8 Å². The van der Waals surface area contributed by atoms with Crippen LogP contribution in [0.4, 0.5) is 11.4 Å². The highest BCUT2D eigenvalue weighted by Crippen LogP contribution is 2.46. The van der Waals surface area contributed by atoms with Crippen LogP contribution in [0.25, 0.3) is 0 Å². The maximum absolute atomic E-state index is 12.7. The number of nitrogens with two attached hydrogens (primary N) is 1. The number of sulfone groups is 1. The number of aryl methyl sites for hydroxylation is 1. The van der Waals surface area contributed by atoms with Crippen LogP contribution in [0.2, 0.25) is 0 Å². The van der Waals surface area contributed by atoms with Crippen molar-refractivity contribution in [2.24, 2.45) is 4.99 Å². The van der Waals surface area contributed by atoms with Gasteiger partial charge >= 0.3 is 0 Å². The van der Waals surface area contributed by atoms with Crippen LogP contribution in [0.3, 0.4) is 0 Å². The van der Waals surface area contributed by atoms with Gasteiger partial charge in [-0.1, -0.05) is 17.7 Å². The maximum atomic E-state index is 12.7. The minimum absolute atomic E-state index is 0.0943. The molecule has 1 unspecified atom stereocenters. The number of aliphatic imine (C=N–C) groups is 1. The number of aliphatic hydroxyl groups is 1. The molecular formula is C23H29N3O4S. The van der Waals surface area contributed by atoms with E-state index in [1.54, 1.807) is 12.1 Å². The first kappa shape index (κ1) is 23.0. The molecule has 1 aliphatic carbocycles. The molecule has 2 aromatic rings. The first-order valence-electron chi connectivity index (χ1n) is 10.3. The number of hydrogen-bond acceptors (Lipinski definition) is 6. The summed E-state index contributed by atoms with van der Waals surface area (Å²) >= 11 is 0. The molecule has 0 radical (unpaired) electrons. The van der Waals surface area contributed by atoms with Crippen LogP contribution in [0, 0.1) is 6.92 Å². The molecule has 1 aliphatic rings. The molecule has 0 spiro atoms. The number of aliphatic hydroxyl groups excluding tert-OH is 1. The van der Waals surface area contributed by atoms with Gasteiger partial charge in [0.15, 0.2) is 9.84 Å². The third-order valence-electron chi connectivity index (χ3n) is 5.50. The zero-order chi connectivity index (χ0) is 22.8. The lowest BCUT2D eigenvalue weighted by Crippen LogP contribution is -2.29. The van der Waals surface area contributed by atoms with Crippen molar-refractivity contribution in [3.8, 4) is 0 Å². The molecule has 3 rings (SSSR count). The Kier molecular flexibility index (Phi) is 6.81. The summed E-state index contributed by atoms with van der Waals surface area (Å²) in [6.45, 7) is 1.72. The van der Waals surface area contributed by atoms with Crippen molar-refractivity contribution in [2.75, 3.05) is 25.6 Å². The molecule has 2 aromatic carbocycles. The molecule has 0 saturated heterocycles. The Bertz CT molecular complexity index is 1100. The Labute approximate surface area is 183 Å². The van der Waals surface area contributed by atoms with Gasteiger partial charge in [-0.2, -0.15) is 0 Å². The Morgan fingerprint density at radius 2 is 1.90 bits per heavy atom. The van der Waals surface area contributed by atoms with E-state index in [-0.39, 0.29) is 36.3 Å². The summed E-state index contributed by atoms with van der Waals surface area (Å²) in [6.07, 6.45) is 3.15. The highest BCUT2D eigenvalue weighted by molar-refractivity contribution is 7.90. The zero-order valence-electron chi connectivity index (χ0n) is 18.1. The normalized spacial score (nSPS) is 15.5. The number of anilines is 1. The van der Waals surface area contributed by atoms with Crippen molar-refractivity contribution in [1.29, 1.82) is 0 Å². The Morgan fingerprint density at radius 3 is 2.42 bits per heavy atom. The number of likely N-dealkylation sites (N-methyl/N-ethyl adjacent to an activating group) is 1. The van der Waals surface area contributed by atoms with Crippen molar-refractivity contribution in [3.63, 3.8) is 0 Å². The van der Waals surface area contributed by atoms with Crippen LogP contribution >= 0.6 is 0 Å². The van der Waals surface area contributed by atoms with Gasteiger partial charge in [-0.15, -0.1) is 0 Å². The molecule has 4 N–H and O–H groups in total. The summed E-state index contributed by atoms with van der Waals surface area (Å²) in [6, 6.07) is 10.9. The Balaban J connectivity index is 2.18. The minimum atomic E-state index is -3.46. The second kappa shape index (κ2) is 9.20. The molecule has 31 heavy (non-hydrogen) atoms. The average molecular weight is 444 g/mol. The SMILES string of the molecule is CNC(=O)C(=Nc1ccc(C)cc1)c1cc(C2CC2)c(C(CCO)S(C)(=O)=O)cc1N. The van der Waals surface area contributed by atoms with E-state index in [1.165, 1.54) is 13.3 Å². The van der Waals surface area contributed by atoms with Gasteiger partial charge in [-0.3, -0.25) is 4.79 Å². The van der Waals surface area contributed by atoms with Crippen molar-refractivity contribution in [3.05, 3.63) is 58.7 Å². The van der Waals surface area contributed by atoms with E-state index in [0.717, 1.165) is 24.0 Å². The molecule has 1 saturated carbocycles. The summed E-state index contributed by atoms with van der Waals surface area (Å²) in [7, 11) is -1.93. The third-order valence-corrected chi connectivity index (χ3v) is 7.02. The summed E-state index contributed by atoms with van der Waals surface area (Å²) in [5.41, 5.74) is 10.4. The molecular weight excluding hydrogens is 414 g/mol. The van der Waals surface area contributed by atoms with Crippen LogP contribution in [0.1, 0.15) is 52.7 Å². The fraction of sp³-hybridized carbons (Fsp3) is 0.391. The van der Waals surface area contributed by atoms with Crippen molar-refractivity contribution >= 4 is 32.8 Å². The second-order valence-electron chi connectivity index (χ2n) is 8.05. The monoisotopic (exact) mass is 443 g/mol. The molecule has 0 heterocycles. The summed E-state index contributed by atoms with van der Waals surface area (Å²) in [5.74, 6) is -0.167. The fourth-order valence-corrected chi connectivity index (χ4v) is 4.90. The lowest BCUT2D eigenvalue weighted by molar-refractivity contribution is -0.114. The van der Waals surface area contributed by atoms with Gasteiger partial charge in [0.05, 0.1) is 10.9 Å². The van der Waals surface area contributed by atoms with Crippen molar-refractivity contribution < 1.29 is 18.3 Å². The van der Waals surface area contributed by atoms with E-state index in [9.17, 15) is 18.3 Å². The number of nitrogens with zero attached hydrogens (tertiary/aromatic N) is 1. The smallest absolute Gasteiger partial charge is 0.270 e. The van der Waals surface area contributed by atoms with Gasteiger partial charge in [-0.25, -0.2) is 13.4 Å². The van der Waals surface area contributed by atoms with Gasteiger partial charge in [0, 0.05) is 31.2 Å². The highest BCUT2D eigenvalue weighted by atomic mass is 32.2. The largest absolute Gasteiger partial charge is 0.398 e. The quantitative estimate of drug-likeness (QED) is 0.428. The number of amides is 1. The molecule has 0 aliphatic heterocycles. The standard InChI is InChI=1S/C23H29N3O4S/c1-14-4-8-16(9-5-14)26-22(23(28)25-2)19-12-17(15-6-7-15)18(13-20(19)24)21(10-11-27)31(3,29)30/h4-5,8-9,12-13,15,21,27H,6-7,10-11,24H2,1-3H3,(H,25,28). The topological polar surface area (TPSA) is 122 Å². The summed E-state index contributed by atoms with van der Waals surface area (Å²) in [4.78, 5) is 17.2. The van der Waals surface area contributed by atoms with E-state index >= 15 is 0 Å². The van der Waals surface area contributed by atoms with E-state index < -0.39 is 15.1 Å². The number of rotatable bonds is 8. The maximum Gasteiger partial charge on any atom is 0.270 e. The van der Waals surface area contributed by atoms with E-state index in [1.807, 2.05) is 31.2 Å². The van der Waals surface area contributed by atoms with Gasteiger partial charge in [0.1, 0.15) is 5.71 Å². The van der Waals surface area contributed by atoms with Crippen LogP contribution < -0.4 is 11.1 Å². The van der Waals surface area contributed by atoms with Crippen LogP contribution in [-0.4, -0.2) is 45.1 Å². The van der Waals surface area contributed by atoms with Gasteiger partial charge < -0.3 is 16.2 Å². The highest BCUT2D eigenvalue weighted by Gasteiger charge is 2.33. The summed E-state index contributed by atoms with van der Waals surface area (Å²) in [5, 5.41) is 11.2. The Hall–Kier alpha value is -2.71. The van der Waals surface area contributed by atoms with E-state index in [2.05, 4.69) is 10.3 Å². The van der Waals surface area contributed by atoms with Gasteiger partial charge in [0.25, 0.3) is 5.91 Å². The first-order chi connectivity index (χ1) is 14.7. The van der Waals surface area contributed by atoms with Crippen molar-refractivity contribution in [1.82, 2.24) is 5.32 Å². The number of carbonyl (C=O) groups excluding carboxylic acids is 1. The van der Waals surface area contributed by atoms with E-state index in [4.69, 9.17) is 5.73 Å². The van der Waals surface area contributed by atoms with Crippen molar-refractivity contribution in [2.45, 2.75) is 37.4 Å². The lowest BCUT2D eigenvalue weighted by Gasteiger charge is -2.21. The molecule has 1 fully saturated rings. The number of carbonyl (C=O) groups is 1. The predicted octanol–water partition coefficient (Wildman–Crippen LogP) is 2.79. The number of nitrogens with one attached hydrogen (secondary N) is 1. The second-order valence-corrected chi connectivity index (χ2v) is 10.3. The molecule has 1 atom stereocenters. The lowest BCUT2D eigenvalue weighted by atomic mass is 9.93. The number of benzene rings is 2. The average Bonchev–Trinajstić information content (AvgIpc) is 3.55. The summed E-state index contributed by atoms with van der Waals surface area (Å²) < 4.78 is 24.9. The van der Waals surface area contributed by atoms with Gasteiger partial charge in [-0.05, 0) is 67.5 Å².